The van der Waals surface area contributed by atoms with Gasteiger partial charge in [0.1, 0.15) is 11.0 Å². The first-order valence-electron chi connectivity index (χ1n) is 5.52. The summed E-state index contributed by atoms with van der Waals surface area (Å²) >= 11 is 5.80. The number of aromatic nitrogens is 1. The minimum Gasteiger partial charge on any atom is -0.478 e. The first-order valence-corrected chi connectivity index (χ1v) is 5.90. The van der Waals surface area contributed by atoms with Gasteiger partial charge in [0, 0.05) is 13.6 Å². The van der Waals surface area contributed by atoms with Gasteiger partial charge in [-0.1, -0.05) is 25.4 Å². The normalized spacial score (nSPS) is 10.6. The van der Waals surface area contributed by atoms with Crippen LogP contribution in [0.15, 0.2) is 12.1 Å². The quantitative estimate of drug-likeness (QED) is 0.823. The maximum atomic E-state index is 10.9. The van der Waals surface area contributed by atoms with Gasteiger partial charge in [-0.25, -0.2) is 9.78 Å². The highest BCUT2D eigenvalue weighted by Gasteiger charge is 2.10. The summed E-state index contributed by atoms with van der Waals surface area (Å²) in [7, 11) is 1.88. The summed E-state index contributed by atoms with van der Waals surface area (Å²) in [5.74, 6) is 0.193. The van der Waals surface area contributed by atoms with Crippen molar-refractivity contribution in [1.82, 2.24) is 4.98 Å². The number of hydrogen-bond donors (Lipinski definition) is 1. The van der Waals surface area contributed by atoms with Gasteiger partial charge in [-0.3, -0.25) is 0 Å². The number of hydrogen-bond acceptors (Lipinski definition) is 3. The summed E-state index contributed by atoms with van der Waals surface area (Å²) < 4.78 is 0. The Labute approximate surface area is 106 Å². The standard InChI is InChI=1S/C12H17ClN2O2/c1-8(2)4-5-15(3)11-7-9(12(16)17)6-10(13)14-11/h6-8H,4-5H2,1-3H3,(H,16,17). The van der Waals surface area contributed by atoms with Gasteiger partial charge in [-0.05, 0) is 24.5 Å². The second-order valence-electron chi connectivity index (χ2n) is 4.45. The monoisotopic (exact) mass is 256 g/mol. The maximum absolute atomic E-state index is 10.9. The van der Waals surface area contributed by atoms with Crippen molar-refractivity contribution in [3.05, 3.63) is 22.8 Å². The molecule has 4 nitrogen and oxygen atoms in total. The topological polar surface area (TPSA) is 53.4 Å². The van der Waals surface area contributed by atoms with Crippen molar-refractivity contribution in [1.29, 1.82) is 0 Å². The van der Waals surface area contributed by atoms with Crippen LogP contribution in [0.25, 0.3) is 0 Å². The van der Waals surface area contributed by atoms with E-state index in [2.05, 4.69) is 18.8 Å². The number of halogens is 1. The number of carbonyl (C=O) groups is 1. The molecule has 94 valence electrons. The maximum Gasteiger partial charge on any atom is 0.335 e. The molecule has 1 aromatic heterocycles. The van der Waals surface area contributed by atoms with Crippen LogP contribution in [0.5, 0.6) is 0 Å². The van der Waals surface area contributed by atoms with Crippen molar-refractivity contribution >= 4 is 23.4 Å². The van der Waals surface area contributed by atoms with E-state index in [1.54, 1.807) is 0 Å². The number of carboxylic acid groups (broad SMARTS) is 1. The SMILES string of the molecule is CC(C)CCN(C)c1cc(C(=O)O)cc(Cl)n1. The summed E-state index contributed by atoms with van der Waals surface area (Å²) in [4.78, 5) is 16.9. The first-order chi connectivity index (χ1) is 7.90. The molecule has 0 spiro atoms. The largest absolute Gasteiger partial charge is 0.478 e. The fourth-order valence-corrected chi connectivity index (χ4v) is 1.57. The first kappa shape index (κ1) is 13.8. The Morgan fingerprint density at radius 1 is 1.53 bits per heavy atom. The second kappa shape index (κ2) is 5.87. The molecule has 17 heavy (non-hydrogen) atoms. The third kappa shape index (κ3) is 4.23. The molecule has 0 unspecified atom stereocenters. The van der Waals surface area contributed by atoms with Crippen LogP contribution in [-0.2, 0) is 0 Å². The average molecular weight is 257 g/mol. The lowest BCUT2D eigenvalue weighted by molar-refractivity contribution is 0.0697. The lowest BCUT2D eigenvalue weighted by atomic mass is 10.1. The van der Waals surface area contributed by atoms with Crippen LogP contribution in [0.1, 0.15) is 30.6 Å². The van der Waals surface area contributed by atoms with E-state index in [1.165, 1.54) is 12.1 Å². The van der Waals surface area contributed by atoms with Crippen LogP contribution >= 0.6 is 11.6 Å². The molecular weight excluding hydrogens is 240 g/mol. The summed E-state index contributed by atoms with van der Waals surface area (Å²) in [5.41, 5.74) is 0.163. The highest BCUT2D eigenvalue weighted by Crippen LogP contribution is 2.18. The van der Waals surface area contributed by atoms with Crippen LogP contribution in [0.2, 0.25) is 5.15 Å². The Morgan fingerprint density at radius 2 is 2.18 bits per heavy atom. The zero-order valence-corrected chi connectivity index (χ0v) is 11.0. The van der Waals surface area contributed by atoms with Gasteiger partial charge in [0.15, 0.2) is 0 Å². The third-order valence-corrected chi connectivity index (χ3v) is 2.65. The molecule has 0 aromatic carbocycles. The van der Waals surface area contributed by atoms with Gasteiger partial charge >= 0.3 is 5.97 Å². The molecule has 0 radical (unpaired) electrons. The van der Waals surface area contributed by atoms with Crippen molar-refractivity contribution < 1.29 is 9.90 Å². The van der Waals surface area contributed by atoms with Gasteiger partial charge in [-0.15, -0.1) is 0 Å². The molecule has 0 aliphatic carbocycles. The van der Waals surface area contributed by atoms with E-state index in [1.807, 2.05) is 11.9 Å². The highest BCUT2D eigenvalue weighted by molar-refractivity contribution is 6.29. The molecule has 5 heteroatoms. The van der Waals surface area contributed by atoms with Crippen LogP contribution in [0, 0.1) is 5.92 Å². The van der Waals surface area contributed by atoms with E-state index in [4.69, 9.17) is 16.7 Å². The molecule has 0 atom stereocenters. The number of nitrogens with zero attached hydrogens (tertiary/aromatic N) is 2. The fraction of sp³-hybridized carbons (Fsp3) is 0.500. The lowest BCUT2D eigenvalue weighted by Crippen LogP contribution is -2.21. The highest BCUT2D eigenvalue weighted by atomic mass is 35.5. The molecule has 0 saturated carbocycles. The lowest BCUT2D eigenvalue weighted by Gasteiger charge is -2.19. The number of pyridine rings is 1. The molecule has 0 aliphatic heterocycles. The Morgan fingerprint density at radius 3 is 2.71 bits per heavy atom. The van der Waals surface area contributed by atoms with Crippen LogP contribution in [-0.4, -0.2) is 29.7 Å². The predicted molar refractivity (Wildman–Crippen MR) is 68.9 cm³/mol. The van der Waals surface area contributed by atoms with E-state index in [-0.39, 0.29) is 10.7 Å². The van der Waals surface area contributed by atoms with Gasteiger partial charge < -0.3 is 10.0 Å². The van der Waals surface area contributed by atoms with E-state index < -0.39 is 5.97 Å². The van der Waals surface area contributed by atoms with Gasteiger partial charge in [0.05, 0.1) is 5.56 Å². The molecule has 0 amide bonds. The Bertz CT molecular complexity index is 407. The van der Waals surface area contributed by atoms with E-state index in [0.717, 1.165) is 13.0 Å². The number of anilines is 1. The number of aromatic carboxylic acids is 1. The van der Waals surface area contributed by atoms with Crippen molar-refractivity contribution in [2.45, 2.75) is 20.3 Å². The third-order valence-electron chi connectivity index (χ3n) is 2.46. The smallest absolute Gasteiger partial charge is 0.335 e. The van der Waals surface area contributed by atoms with Crippen LogP contribution < -0.4 is 4.90 Å². The molecule has 1 rings (SSSR count). The molecule has 0 saturated heterocycles. The van der Waals surface area contributed by atoms with Crippen LogP contribution in [0.4, 0.5) is 5.82 Å². The van der Waals surface area contributed by atoms with E-state index in [9.17, 15) is 4.79 Å². The zero-order chi connectivity index (χ0) is 13.0. The van der Waals surface area contributed by atoms with Gasteiger partial charge in [0.25, 0.3) is 0 Å². The molecule has 0 bridgehead atoms. The van der Waals surface area contributed by atoms with Gasteiger partial charge in [0.2, 0.25) is 0 Å². The predicted octanol–water partition coefficient (Wildman–Crippen LogP) is 2.92. The fourth-order valence-electron chi connectivity index (χ4n) is 1.37. The molecule has 0 fully saturated rings. The molecular formula is C12H17ClN2O2. The summed E-state index contributed by atoms with van der Waals surface area (Å²) in [6.07, 6.45) is 1.02. The molecule has 0 aliphatic rings. The number of carboxylic acids is 1. The van der Waals surface area contributed by atoms with E-state index in [0.29, 0.717) is 11.7 Å². The summed E-state index contributed by atoms with van der Waals surface area (Å²) in [6.45, 7) is 5.11. The van der Waals surface area contributed by atoms with Crippen molar-refractivity contribution in [3.8, 4) is 0 Å². The molecule has 1 N–H and O–H groups in total. The number of rotatable bonds is 5. The zero-order valence-electron chi connectivity index (χ0n) is 10.3. The average Bonchev–Trinajstić information content (AvgIpc) is 2.24. The van der Waals surface area contributed by atoms with Crippen molar-refractivity contribution in [2.75, 3.05) is 18.5 Å². The second-order valence-corrected chi connectivity index (χ2v) is 4.83. The molecule has 1 aromatic rings. The van der Waals surface area contributed by atoms with Gasteiger partial charge in [-0.2, -0.15) is 0 Å². The minimum atomic E-state index is -0.993. The Kier molecular flexibility index (Phi) is 4.75. The Balaban J connectivity index is 2.86. The van der Waals surface area contributed by atoms with Crippen LogP contribution in [0.3, 0.4) is 0 Å². The summed E-state index contributed by atoms with van der Waals surface area (Å²) in [5, 5.41) is 9.13. The molecule has 1 heterocycles. The van der Waals surface area contributed by atoms with E-state index >= 15 is 0 Å². The Hall–Kier alpha value is -1.29. The summed E-state index contributed by atoms with van der Waals surface area (Å²) in [6, 6.07) is 2.89. The van der Waals surface area contributed by atoms with Crippen molar-refractivity contribution in [3.63, 3.8) is 0 Å². The van der Waals surface area contributed by atoms with Crippen molar-refractivity contribution in [2.24, 2.45) is 5.92 Å². The minimum absolute atomic E-state index is 0.163.